The van der Waals surface area contributed by atoms with Crippen LogP contribution in [0.15, 0.2) is 54.1 Å². The number of allylic oxidation sites excluding steroid dienone is 3. The van der Waals surface area contributed by atoms with Crippen molar-refractivity contribution in [3.05, 3.63) is 59.7 Å². The zero-order valence-corrected chi connectivity index (χ0v) is 10.0. The summed E-state index contributed by atoms with van der Waals surface area (Å²) < 4.78 is 0. The van der Waals surface area contributed by atoms with E-state index < -0.39 is 0 Å². The van der Waals surface area contributed by atoms with Gasteiger partial charge in [0.25, 0.3) is 5.91 Å². The molecule has 88 valence electrons. The molecule has 0 heterocycles. The quantitative estimate of drug-likeness (QED) is 0.845. The maximum Gasteiger partial charge on any atom is 0.251 e. The molecule has 1 unspecified atom stereocenters. The Balaban J connectivity index is 1.93. The highest BCUT2D eigenvalue weighted by molar-refractivity contribution is 5.94. The van der Waals surface area contributed by atoms with Gasteiger partial charge in [0.05, 0.1) is 0 Å². The van der Waals surface area contributed by atoms with Crippen LogP contribution in [0.1, 0.15) is 23.7 Å². The second-order valence-corrected chi connectivity index (χ2v) is 4.36. The van der Waals surface area contributed by atoms with Gasteiger partial charge in [0.2, 0.25) is 0 Å². The molecule has 1 aliphatic carbocycles. The highest BCUT2D eigenvalue weighted by Gasteiger charge is 2.11. The van der Waals surface area contributed by atoms with E-state index in [-0.39, 0.29) is 5.91 Å². The van der Waals surface area contributed by atoms with Crippen molar-refractivity contribution in [3.8, 4) is 0 Å². The molecule has 1 aliphatic rings. The van der Waals surface area contributed by atoms with E-state index in [1.54, 1.807) is 0 Å². The maximum atomic E-state index is 11.8. The first-order valence-electron chi connectivity index (χ1n) is 5.96. The monoisotopic (exact) mass is 227 g/mol. The first kappa shape index (κ1) is 11.6. The van der Waals surface area contributed by atoms with Crippen molar-refractivity contribution >= 4 is 5.91 Å². The van der Waals surface area contributed by atoms with Gasteiger partial charge < -0.3 is 5.32 Å². The van der Waals surface area contributed by atoms with E-state index in [0.717, 1.165) is 6.42 Å². The summed E-state index contributed by atoms with van der Waals surface area (Å²) in [4.78, 5) is 11.8. The molecule has 1 N–H and O–H groups in total. The summed E-state index contributed by atoms with van der Waals surface area (Å²) in [7, 11) is 0. The van der Waals surface area contributed by atoms with Crippen molar-refractivity contribution in [1.82, 2.24) is 5.32 Å². The number of amides is 1. The molecule has 0 aliphatic heterocycles. The van der Waals surface area contributed by atoms with Crippen molar-refractivity contribution in [2.24, 2.45) is 5.92 Å². The summed E-state index contributed by atoms with van der Waals surface area (Å²) in [6.45, 7) is 2.82. The normalized spacial score (nSPS) is 18.6. The molecule has 0 bridgehead atoms. The molecule has 0 saturated carbocycles. The van der Waals surface area contributed by atoms with Gasteiger partial charge in [-0.2, -0.15) is 0 Å². The molecule has 0 saturated heterocycles. The molecule has 1 amide bonds. The zero-order chi connectivity index (χ0) is 12.1. The lowest BCUT2D eigenvalue weighted by molar-refractivity contribution is 0.0956. The Hall–Kier alpha value is -1.83. The second-order valence-electron chi connectivity index (χ2n) is 4.36. The van der Waals surface area contributed by atoms with Gasteiger partial charge in [-0.15, -0.1) is 0 Å². The van der Waals surface area contributed by atoms with E-state index in [0.29, 0.717) is 18.0 Å². The molecule has 2 heteroatoms. The highest BCUT2D eigenvalue weighted by atomic mass is 16.1. The lowest BCUT2D eigenvalue weighted by Crippen LogP contribution is -2.27. The van der Waals surface area contributed by atoms with Crippen molar-refractivity contribution < 1.29 is 4.79 Å². The molecule has 1 aromatic rings. The van der Waals surface area contributed by atoms with Gasteiger partial charge >= 0.3 is 0 Å². The second kappa shape index (κ2) is 5.48. The molecule has 1 atom stereocenters. The van der Waals surface area contributed by atoms with E-state index >= 15 is 0 Å². The Morgan fingerprint density at radius 3 is 2.82 bits per heavy atom. The third kappa shape index (κ3) is 3.06. The summed E-state index contributed by atoms with van der Waals surface area (Å²) in [5.41, 5.74) is 2.00. The fourth-order valence-corrected chi connectivity index (χ4v) is 1.90. The SMILES string of the molecule is CC1CC=CC=C1CNC(=O)c1ccccc1. The molecular weight excluding hydrogens is 210 g/mol. The molecule has 2 nitrogen and oxygen atoms in total. The van der Waals surface area contributed by atoms with Crippen LogP contribution in [0.5, 0.6) is 0 Å². The summed E-state index contributed by atoms with van der Waals surface area (Å²) >= 11 is 0. The third-order valence-corrected chi connectivity index (χ3v) is 3.06. The number of hydrogen-bond donors (Lipinski definition) is 1. The number of nitrogens with one attached hydrogen (secondary N) is 1. The summed E-state index contributed by atoms with van der Waals surface area (Å²) in [5.74, 6) is 0.518. The summed E-state index contributed by atoms with van der Waals surface area (Å²) in [6, 6.07) is 9.31. The number of rotatable bonds is 3. The lowest BCUT2D eigenvalue weighted by Gasteiger charge is -2.17. The van der Waals surface area contributed by atoms with Crippen molar-refractivity contribution in [2.75, 3.05) is 6.54 Å². The third-order valence-electron chi connectivity index (χ3n) is 3.06. The number of hydrogen-bond acceptors (Lipinski definition) is 1. The molecule has 0 aromatic heterocycles. The van der Waals surface area contributed by atoms with Crippen LogP contribution < -0.4 is 5.32 Å². The minimum absolute atomic E-state index is 0.00625. The molecule has 0 spiro atoms. The zero-order valence-electron chi connectivity index (χ0n) is 10.0. The average Bonchev–Trinajstić information content (AvgIpc) is 2.38. The van der Waals surface area contributed by atoms with Gasteiger partial charge in [-0.3, -0.25) is 4.79 Å². The van der Waals surface area contributed by atoms with Crippen molar-refractivity contribution in [2.45, 2.75) is 13.3 Å². The van der Waals surface area contributed by atoms with Gasteiger partial charge in [-0.05, 0) is 30.0 Å². The Labute approximate surface area is 102 Å². The largest absolute Gasteiger partial charge is 0.348 e. The minimum Gasteiger partial charge on any atom is -0.348 e. The standard InChI is InChI=1S/C15H17NO/c1-12-7-5-6-10-14(12)11-16-15(17)13-8-3-2-4-9-13/h2-6,8-10,12H,7,11H2,1H3,(H,16,17). The fourth-order valence-electron chi connectivity index (χ4n) is 1.90. The van der Waals surface area contributed by atoms with Crippen LogP contribution in [0.2, 0.25) is 0 Å². The van der Waals surface area contributed by atoms with Gasteiger partial charge in [0.1, 0.15) is 0 Å². The maximum absolute atomic E-state index is 11.8. The van der Waals surface area contributed by atoms with Gasteiger partial charge in [0, 0.05) is 12.1 Å². The Morgan fingerprint density at radius 1 is 1.35 bits per heavy atom. The van der Waals surface area contributed by atoms with E-state index in [2.05, 4.69) is 30.5 Å². The van der Waals surface area contributed by atoms with Crippen molar-refractivity contribution in [1.29, 1.82) is 0 Å². The van der Waals surface area contributed by atoms with Gasteiger partial charge in [0.15, 0.2) is 0 Å². The highest BCUT2D eigenvalue weighted by Crippen LogP contribution is 2.18. The topological polar surface area (TPSA) is 29.1 Å². The molecule has 17 heavy (non-hydrogen) atoms. The smallest absolute Gasteiger partial charge is 0.251 e. The molecule has 1 aromatic carbocycles. The molecular formula is C15H17NO. The first-order valence-corrected chi connectivity index (χ1v) is 5.96. The van der Waals surface area contributed by atoms with E-state index in [1.165, 1.54) is 5.57 Å². The minimum atomic E-state index is -0.00625. The number of carbonyl (C=O) groups excluding carboxylic acids is 1. The van der Waals surface area contributed by atoms with Crippen LogP contribution in [0.4, 0.5) is 0 Å². The predicted octanol–water partition coefficient (Wildman–Crippen LogP) is 2.94. The molecule has 2 rings (SSSR count). The lowest BCUT2D eigenvalue weighted by atomic mass is 9.93. The van der Waals surface area contributed by atoms with Crippen LogP contribution in [0, 0.1) is 5.92 Å². The average molecular weight is 227 g/mol. The number of carbonyl (C=O) groups is 1. The van der Waals surface area contributed by atoms with Crippen LogP contribution >= 0.6 is 0 Å². The van der Waals surface area contributed by atoms with E-state index in [4.69, 9.17) is 0 Å². The fraction of sp³-hybridized carbons (Fsp3) is 0.267. The van der Waals surface area contributed by atoms with Gasteiger partial charge in [-0.25, -0.2) is 0 Å². The predicted molar refractivity (Wildman–Crippen MR) is 69.8 cm³/mol. The Kier molecular flexibility index (Phi) is 3.76. The summed E-state index contributed by atoms with van der Waals surface area (Å²) in [6.07, 6.45) is 7.38. The Morgan fingerprint density at radius 2 is 2.12 bits per heavy atom. The Bertz CT molecular complexity index is 445. The molecule has 0 fully saturated rings. The summed E-state index contributed by atoms with van der Waals surface area (Å²) in [5, 5.41) is 2.96. The van der Waals surface area contributed by atoms with Crippen LogP contribution in [-0.4, -0.2) is 12.5 Å². The number of benzene rings is 1. The van der Waals surface area contributed by atoms with Crippen molar-refractivity contribution in [3.63, 3.8) is 0 Å². The van der Waals surface area contributed by atoms with Gasteiger partial charge in [-0.1, -0.05) is 43.4 Å². The van der Waals surface area contributed by atoms with E-state index in [1.807, 2.05) is 30.3 Å². The van der Waals surface area contributed by atoms with Crippen LogP contribution in [0.3, 0.4) is 0 Å². The van der Waals surface area contributed by atoms with Crippen LogP contribution in [0.25, 0.3) is 0 Å². The molecule has 0 radical (unpaired) electrons. The first-order chi connectivity index (χ1) is 8.27. The van der Waals surface area contributed by atoms with E-state index in [9.17, 15) is 4.79 Å². The van der Waals surface area contributed by atoms with Crippen LogP contribution in [-0.2, 0) is 0 Å².